The quantitative estimate of drug-likeness (QED) is 0.586. The monoisotopic (exact) mass is 382 g/mol. The van der Waals surface area contributed by atoms with Gasteiger partial charge in [-0.05, 0) is 37.0 Å². The summed E-state index contributed by atoms with van der Waals surface area (Å²) in [5.74, 6) is 1.50. The highest BCUT2D eigenvalue weighted by molar-refractivity contribution is 5.97. The molecule has 7 heteroatoms. The number of benzene rings is 1. The average Bonchev–Trinajstić information content (AvgIpc) is 3.21. The molecule has 0 unspecified atom stereocenters. The van der Waals surface area contributed by atoms with Crippen LogP contribution in [0, 0.1) is 11.3 Å². The molecule has 148 valence electrons. The minimum Gasteiger partial charge on any atom is -0.454 e. The van der Waals surface area contributed by atoms with E-state index in [4.69, 9.17) is 9.47 Å². The third kappa shape index (κ3) is 4.23. The van der Waals surface area contributed by atoms with E-state index < -0.39 is 0 Å². The second kappa shape index (κ2) is 8.53. The Hall–Kier alpha value is -2.72. The molecule has 1 aromatic carbocycles. The Balaban J connectivity index is 1.31. The molecule has 1 amide bonds. The number of nitrogens with zero attached hydrogens (tertiary/aromatic N) is 4. The van der Waals surface area contributed by atoms with Crippen LogP contribution in [-0.2, 0) is 11.3 Å². The Morgan fingerprint density at radius 2 is 1.79 bits per heavy atom. The van der Waals surface area contributed by atoms with Crippen LogP contribution < -0.4 is 9.47 Å². The molecule has 1 aromatic rings. The van der Waals surface area contributed by atoms with Crippen molar-refractivity contribution < 1.29 is 14.3 Å². The largest absolute Gasteiger partial charge is 0.454 e. The molecule has 0 atom stereocenters. The summed E-state index contributed by atoms with van der Waals surface area (Å²) in [6, 6.07) is 8.19. The fourth-order valence-electron chi connectivity index (χ4n) is 3.93. The zero-order chi connectivity index (χ0) is 19.3. The number of amides is 1. The summed E-state index contributed by atoms with van der Waals surface area (Å²) in [7, 11) is 0. The van der Waals surface area contributed by atoms with Gasteiger partial charge in [-0.2, -0.15) is 5.26 Å². The molecule has 3 aliphatic heterocycles. The summed E-state index contributed by atoms with van der Waals surface area (Å²) in [5, 5.41) is 9.46. The van der Waals surface area contributed by atoms with Crippen molar-refractivity contribution in [1.82, 2.24) is 14.7 Å². The first-order chi connectivity index (χ1) is 13.7. The normalized spacial score (nSPS) is 20.2. The van der Waals surface area contributed by atoms with Crippen LogP contribution in [0.5, 0.6) is 11.5 Å². The number of fused-ring (bicyclic) bond motifs is 1. The molecule has 0 saturated carbocycles. The standard InChI is InChI=1S/C21H26N4O3/c22-13-18(21(26)25-6-2-1-3-7-25)15-24-10-8-23(9-11-24)14-17-4-5-19-20(12-17)28-16-27-19/h4-5,12,15H,1-3,6-11,14,16H2/b18-15-. The summed E-state index contributed by atoms with van der Waals surface area (Å²) in [5.41, 5.74) is 1.46. The lowest BCUT2D eigenvalue weighted by Crippen LogP contribution is -2.44. The van der Waals surface area contributed by atoms with Gasteiger partial charge in [-0.25, -0.2) is 0 Å². The van der Waals surface area contributed by atoms with Gasteiger partial charge in [0.15, 0.2) is 11.5 Å². The van der Waals surface area contributed by atoms with E-state index in [0.29, 0.717) is 6.79 Å². The fraction of sp³-hybridized carbons (Fsp3) is 0.524. The van der Waals surface area contributed by atoms with Gasteiger partial charge in [-0.1, -0.05) is 6.07 Å². The Kier molecular flexibility index (Phi) is 5.68. The van der Waals surface area contributed by atoms with E-state index in [1.54, 1.807) is 6.20 Å². The average molecular weight is 382 g/mol. The van der Waals surface area contributed by atoms with Crippen LogP contribution in [0.15, 0.2) is 30.0 Å². The van der Waals surface area contributed by atoms with Crippen molar-refractivity contribution in [2.45, 2.75) is 25.8 Å². The van der Waals surface area contributed by atoms with Crippen molar-refractivity contribution in [3.05, 3.63) is 35.5 Å². The van der Waals surface area contributed by atoms with Crippen LogP contribution in [0.1, 0.15) is 24.8 Å². The molecule has 2 fully saturated rings. The maximum atomic E-state index is 12.6. The maximum absolute atomic E-state index is 12.6. The highest BCUT2D eigenvalue weighted by atomic mass is 16.7. The number of hydrogen-bond donors (Lipinski definition) is 0. The van der Waals surface area contributed by atoms with Gasteiger partial charge in [0.25, 0.3) is 5.91 Å². The first-order valence-electron chi connectivity index (χ1n) is 9.99. The van der Waals surface area contributed by atoms with Gasteiger partial charge in [0.2, 0.25) is 6.79 Å². The van der Waals surface area contributed by atoms with E-state index in [0.717, 1.165) is 70.2 Å². The molecule has 2 saturated heterocycles. The minimum absolute atomic E-state index is 0.120. The smallest absolute Gasteiger partial charge is 0.266 e. The molecule has 4 rings (SSSR count). The zero-order valence-electron chi connectivity index (χ0n) is 16.1. The van der Waals surface area contributed by atoms with Gasteiger partial charge in [-0.3, -0.25) is 9.69 Å². The maximum Gasteiger partial charge on any atom is 0.266 e. The molecule has 0 bridgehead atoms. The number of hydrogen-bond acceptors (Lipinski definition) is 6. The lowest BCUT2D eigenvalue weighted by Gasteiger charge is -2.34. The highest BCUT2D eigenvalue weighted by Crippen LogP contribution is 2.32. The number of likely N-dealkylation sites (tertiary alicyclic amines) is 1. The predicted molar refractivity (Wildman–Crippen MR) is 104 cm³/mol. The van der Waals surface area contributed by atoms with Crippen LogP contribution in [0.3, 0.4) is 0 Å². The van der Waals surface area contributed by atoms with Crippen LogP contribution in [0.4, 0.5) is 0 Å². The third-order valence-electron chi connectivity index (χ3n) is 5.56. The summed E-state index contributed by atoms with van der Waals surface area (Å²) in [6.45, 7) is 6.07. The van der Waals surface area contributed by atoms with Crippen molar-refractivity contribution in [2.24, 2.45) is 0 Å². The van der Waals surface area contributed by atoms with Crippen molar-refractivity contribution in [2.75, 3.05) is 46.1 Å². The molecule has 0 aliphatic carbocycles. The van der Waals surface area contributed by atoms with Crippen molar-refractivity contribution in [3.8, 4) is 17.6 Å². The molecular weight excluding hydrogens is 356 g/mol. The Morgan fingerprint density at radius 3 is 2.54 bits per heavy atom. The van der Waals surface area contributed by atoms with Crippen LogP contribution >= 0.6 is 0 Å². The van der Waals surface area contributed by atoms with Crippen molar-refractivity contribution >= 4 is 5.91 Å². The number of piperidine rings is 1. The Morgan fingerprint density at radius 1 is 1.04 bits per heavy atom. The lowest BCUT2D eigenvalue weighted by molar-refractivity contribution is -0.127. The molecular formula is C21H26N4O3. The van der Waals surface area contributed by atoms with Crippen LogP contribution in [0.25, 0.3) is 0 Å². The van der Waals surface area contributed by atoms with E-state index in [2.05, 4.69) is 21.9 Å². The number of ether oxygens (including phenoxy) is 2. The second-order valence-electron chi connectivity index (χ2n) is 7.51. The first-order valence-corrected chi connectivity index (χ1v) is 9.99. The van der Waals surface area contributed by atoms with Gasteiger partial charge in [0.05, 0.1) is 0 Å². The van der Waals surface area contributed by atoms with E-state index >= 15 is 0 Å². The SMILES string of the molecule is N#C/C(=C/N1CCN(Cc2ccc3c(c2)OCO3)CC1)C(=O)N1CCCCC1. The number of carbonyl (C=O) groups is 1. The predicted octanol–water partition coefficient (Wildman–Crippen LogP) is 1.95. The molecule has 3 aliphatic rings. The minimum atomic E-state index is -0.120. The molecule has 28 heavy (non-hydrogen) atoms. The number of piperazine rings is 1. The van der Waals surface area contributed by atoms with Gasteiger partial charge in [0.1, 0.15) is 11.6 Å². The lowest BCUT2D eigenvalue weighted by atomic mass is 10.1. The summed E-state index contributed by atoms with van der Waals surface area (Å²) in [6.07, 6.45) is 4.99. The second-order valence-corrected chi connectivity index (χ2v) is 7.51. The molecule has 0 radical (unpaired) electrons. The van der Waals surface area contributed by atoms with E-state index in [1.807, 2.05) is 17.0 Å². The van der Waals surface area contributed by atoms with Crippen LogP contribution in [-0.4, -0.2) is 66.7 Å². The van der Waals surface area contributed by atoms with E-state index in [1.165, 1.54) is 12.0 Å². The van der Waals surface area contributed by atoms with E-state index in [9.17, 15) is 10.1 Å². The summed E-state index contributed by atoms with van der Waals surface area (Å²) in [4.78, 5) is 18.9. The molecule has 0 aromatic heterocycles. The molecule has 0 spiro atoms. The number of rotatable bonds is 4. The molecule has 7 nitrogen and oxygen atoms in total. The fourth-order valence-corrected chi connectivity index (χ4v) is 3.93. The van der Waals surface area contributed by atoms with Gasteiger partial charge < -0.3 is 19.3 Å². The van der Waals surface area contributed by atoms with E-state index in [-0.39, 0.29) is 11.5 Å². The highest BCUT2D eigenvalue weighted by Gasteiger charge is 2.23. The zero-order valence-corrected chi connectivity index (χ0v) is 16.1. The van der Waals surface area contributed by atoms with Crippen LogP contribution in [0.2, 0.25) is 0 Å². The van der Waals surface area contributed by atoms with Gasteiger partial charge >= 0.3 is 0 Å². The Bertz CT molecular complexity index is 787. The van der Waals surface area contributed by atoms with Gasteiger partial charge in [-0.15, -0.1) is 0 Å². The molecule has 3 heterocycles. The van der Waals surface area contributed by atoms with Crippen molar-refractivity contribution in [1.29, 1.82) is 5.26 Å². The number of carbonyl (C=O) groups excluding carboxylic acids is 1. The first kappa shape index (κ1) is 18.6. The summed E-state index contributed by atoms with van der Waals surface area (Å²) >= 11 is 0. The topological polar surface area (TPSA) is 69.0 Å². The van der Waals surface area contributed by atoms with Gasteiger partial charge in [0, 0.05) is 52.0 Å². The summed E-state index contributed by atoms with van der Waals surface area (Å²) < 4.78 is 10.8. The Labute approximate surface area is 165 Å². The molecule has 0 N–H and O–H groups in total. The third-order valence-corrected chi connectivity index (χ3v) is 5.56. The number of nitriles is 1. The van der Waals surface area contributed by atoms with Crippen molar-refractivity contribution in [3.63, 3.8) is 0 Å².